The number of benzene rings is 2. The minimum absolute atomic E-state index is 0.210. The second-order valence-electron chi connectivity index (χ2n) is 8.51. The van der Waals surface area contributed by atoms with E-state index >= 15 is 0 Å². The number of thiazole rings is 1. The van der Waals surface area contributed by atoms with E-state index in [1.165, 1.54) is 15.6 Å². The van der Waals surface area contributed by atoms with Crippen LogP contribution in [0.4, 0.5) is 5.69 Å². The summed E-state index contributed by atoms with van der Waals surface area (Å²) in [6, 6.07) is 13.7. The zero-order chi connectivity index (χ0) is 28.1. The Morgan fingerprint density at radius 1 is 0.975 bits per heavy atom. The summed E-state index contributed by atoms with van der Waals surface area (Å²) in [6.45, 7) is 1.44. The minimum atomic E-state index is -3.60. The van der Waals surface area contributed by atoms with Gasteiger partial charge in [-0.3, -0.25) is 0 Å². The Labute approximate surface area is 235 Å². The summed E-state index contributed by atoms with van der Waals surface area (Å²) in [5.74, 6) is 2.05. The highest BCUT2D eigenvalue weighted by atomic mass is 32.2. The third-order valence-corrected chi connectivity index (χ3v) is 8.89. The minimum Gasteiger partial charge on any atom is -0.493 e. The van der Waals surface area contributed by atoms with Crippen molar-refractivity contribution in [1.82, 2.24) is 8.98 Å². The lowest BCUT2D eigenvalue weighted by Gasteiger charge is -2.26. The first-order valence-corrected chi connectivity index (χ1v) is 14.6. The average molecular weight is 585 g/mol. The molecule has 1 saturated heterocycles. The average Bonchev–Trinajstić information content (AvgIpc) is 3.66. The van der Waals surface area contributed by atoms with Crippen LogP contribution in [-0.2, 0) is 14.8 Å². The predicted molar refractivity (Wildman–Crippen MR) is 150 cm³/mol. The Balaban J connectivity index is 1.56. The van der Waals surface area contributed by atoms with Gasteiger partial charge in [-0.1, -0.05) is 0 Å². The molecule has 0 atom stereocenters. The summed E-state index contributed by atoms with van der Waals surface area (Å²) < 4.78 is 56.3. The van der Waals surface area contributed by atoms with Crippen LogP contribution in [0.5, 0.6) is 17.2 Å². The maximum Gasteiger partial charge on any atom is 0.243 e. The molecule has 210 valence electrons. The lowest BCUT2D eigenvalue weighted by molar-refractivity contribution is 0.0730. The smallest absolute Gasteiger partial charge is 0.243 e. The van der Waals surface area contributed by atoms with Crippen LogP contribution in [0.2, 0.25) is 0 Å². The fraction of sp³-hybridized carbons (Fsp3) is 0.259. The lowest BCUT2D eigenvalue weighted by atomic mass is 10.1. The van der Waals surface area contributed by atoms with Crippen molar-refractivity contribution in [2.24, 2.45) is 10.1 Å². The van der Waals surface area contributed by atoms with Gasteiger partial charge in [0.2, 0.25) is 20.6 Å². The Morgan fingerprint density at radius 2 is 1.68 bits per heavy atom. The molecule has 0 aliphatic carbocycles. The molecule has 2 aromatic carbocycles. The van der Waals surface area contributed by atoms with Crippen molar-refractivity contribution in [2.75, 3.05) is 47.6 Å². The molecule has 2 aromatic heterocycles. The zero-order valence-corrected chi connectivity index (χ0v) is 23.8. The molecule has 0 N–H and O–H groups in total. The number of nitrogens with zero attached hydrogens (tertiary/aromatic N) is 4. The first-order chi connectivity index (χ1) is 19.4. The molecule has 40 heavy (non-hydrogen) atoms. The molecule has 11 nitrogen and oxygen atoms in total. The van der Waals surface area contributed by atoms with Crippen molar-refractivity contribution in [3.05, 3.63) is 70.7 Å². The lowest BCUT2D eigenvalue weighted by Crippen LogP contribution is -2.40. The highest BCUT2D eigenvalue weighted by Gasteiger charge is 2.26. The van der Waals surface area contributed by atoms with Crippen LogP contribution in [0.3, 0.4) is 0 Å². The van der Waals surface area contributed by atoms with Gasteiger partial charge in [-0.15, -0.1) is 11.3 Å². The third-order valence-electron chi connectivity index (χ3n) is 6.16. The van der Waals surface area contributed by atoms with Gasteiger partial charge in [0.1, 0.15) is 5.76 Å². The van der Waals surface area contributed by atoms with Gasteiger partial charge in [0.05, 0.1) is 63.3 Å². The van der Waals surface area contributed by atoms with Gasteiger partial charge in [-0.25, -0.2) is 18.1 Å². The fourth-order valence-electron chi connectivity index (χ4n) is 4.13. The molecule has 0 amide bonds. The van der Waals surface area contributed by atoms with Crippen LogP contribution >= 0.6 is 11.3 Å². The van der Waals surface area contributed by atoms with E-state index in [0.29, 0.717) is 59.8 Å². The highest BCUT2D eigenvalue weighted by molar-refractivity contribution is 7.89. The van der Waals surface area contributed by atoms with Gasteiger partial charge in [0, 0.05) is 24.0 Å². The topological polar surface area (TPSA) is 117 Å². The summed E-state index contributed by atoms with van der Waals surface area (Å²) in [5, 5.41) is 6.55. The van der Waals surface area contributed by atoms with Gasteiger partial charge < -0.3 is 23.4 Å². The van der Waals surface area contributed by atoms with Gasteiger partial charge >= 0.3 is 0 Å². The SMILES string of the molecule is COc1cc(-c2csc(=Nc3ccc(S(=O)(=O)N4CCOCC4)cc3)n2N=Cc2ccco2)cc(OC)c1OC. The van der Waals surface area contributed by atoms with Crippen molar-refractivity contribution in [3.63, 3.8) is 0 Å². The van der Waals surface area contributed by atoms with Gasteiger partial charge in [0.25, 0.3) is 0 Å². The van der Waals surface area contributed by atoms with Crippen LogP contribution in [0.1, 0.15) is 5.76 Å². The van der Waals surface area contributed by atoms with E-state index in [1.807, 2.05) is 17.5 Å². The second-order valence-corrected chi connectivity index (χ2v) is 11.3. The van der Waals surface area contributed by atoms with Crippen molar-refractivity contribution in [2.45, 2.75) is 4.90 Å². The molecule has 3 heterocycles. The summed E-state index contributed by atoms with van der Waals surface area (Å²) >= 11 is 1.37. The van der Waals surface area contributed by atoms with Crippen molar-refractivity contribution in [3.8, 4) is 28.5 Å². The molecule has 5 rings (SSSR count). The highest BCUT2D eigenvalue weighted by Crippen LogP contribution is 2.41. The number of rotatable bonds is 9. The molecule has 13 heteroatoms. The molecular formula is C27H28N4O7S2. The Morgan fingerprint density at radius 3 is 2.27 bits per heavy atom. The largest absolute Gasteiger partial charge is 0.493 e. The second kappa shape index (κ2) is 12.1. The molecule has 0 radical (unpaired) electrons. The number of aromatic nitrogens is 1. The van der Waals surface area contributed by atoms with E-state index < -0.39 is 10.0 Å². The van der Waals surface area contributed by atoms with E-state index in [1.54, 1.807) is 74.9 Å². The quantitative estimate of drug-likeness (QED) is 0.273. The van der Waals surface area contributed by atoms with Crippen molar-refractivity contribution >= 4 is 33.3 Å². The zero-order valence-electron chi connectivity index (χ0n) is 22.1. The molecule has 4 aromatic rings. The number of morpholine rings is 1. The maximum atomic E-state index is 13.0. The fourth-order valence-corrected chi connectivity index (χ4v) is 6.40. The van der Waals surface area contributed by atoms with Crippen LogP contribution < -0.4 is 19.0 Å². The van der Waals surface area contributed by atoms with E-state index in [4.69, 9.17) is 28.4 Å². The van der Waals surface area contributed by atoms with Crippen LogP contribution in [0.15, 0.2) is 79.6 Å². The summed E-state index contributed by atoms with van der Waals surface area (Å²) in [7, 11) is 1.06. The van der Waals surface area contributed by atoms with Crippen LogP contribution in [0.25, 0.3) is 11.3 Å². The van der Waals surface area contributed by atoms with Gasteiger partial charge in [-0.2, -0.15) is 9.41 Å². The van der Waals surface area contributed by atoms with Gasteiger partial charge in [-0.05, 0) is 48.5 Å². The Bertz CT molecular complexity index is 1630. The number of sulfonamides is 1. The molecule has 0 spiro atoms. The van der Waals surface area contributed by atoms with Crippen LogP contribution in [-0.4, -0.2) is 71.2 Å². The monoisotopic (exact) mass is 584 g/mol. The number of methoxy groups -OCH3 is 3. The number of ether oxygens (including phenoxy) is 4. The molecule has 0 bridgehead atoms. The molecular weight excluding hydrogens is 556 g/mol. The normalized spacial score (nSPS) is 15.0. The molecule has 1 fully saturated rings. The van der Waals surface area contributed by atoms with Crippen molar-refractivity contribution < 1.29 is 31.8 Å². The number of hydrogen-bond acceptors (Lipinski definition) is 10. The number of hydrogen-bond donors (Lipinski definition) is 0. The van der Waals surface area contributed by atoms with E-state index in [-0.39, 0.29) is 4.90 Å². The van der Waals surface area contributed by atoms with Gasteiger partial charge in [0.15, 0.2) is 11.5 Å². The molecule has 1 aliphatic rings. The predicted octanol–water partition coefficient (Wildman–Crippen LogP) is 3.97. The third kappa shape index (κ3) is 5.68. The summed E-state index contributed by atoms with van der Waals surface area (Å²) in [4.78, 5) is 5.52. The molecule has 0 unspecified atom stereocenters. The summed E-state index contributed by atoms with van der Waals surface area (Å²) in [5.41, 5.74) is 2.05. The summed E-state index contributed by atoms with van der Waals surface area (Å²) in [6.07, 6.45) is 3.16. The Kier molecular flexibility index (Phi) is 8.35. The molecule has 1 aliphatic heterocycles. The van der Waals surface area contributed by atoms with E-state index in [0.717, 1.165) is 11.3 Å². The Hall–Kier alpha value is -3.91. The molecule has 0 saturated carbocycles. The maximum absolute atomic E-state index is 13.0. The number of furan rings is 1. The van der Waals surface area contributed by atoms with Crippen molar-refractivity contribution in [1.29, 1.82) is 0 Å². The van der Waals surface area contributed by atoms with Crippen LogP contribution in [0, 0.1) is 0 Å². The first kappa shape index (κ1) is 27.6. The first-order valence-electron chi connectivity index (χ1n) is 12.3. The van der Waals surface area contributed by atoms with E-state index in [2.05, 4.69) is 5.10 Å². The van der Waals surface area contributed by atoms with E-state index in [9.17, 15) is 8.42 Å². The standard InChI is InChI=1S/C27H28N4O7S2/c1-34-24-15-19(16-25(35-2)26(24)36-3)23-18-39-27(31(23)28-17-21-5-4-12-38-21)29-20-6-8-22(9-7-20)40(32,33)30-10-13-37-14-11-30/h4-9,12,15-18H,10-11,13-14H2,1-3H3.